The van der Waals surface area contributed by atoms with Gasteiger partial charge in [0.2, 0.25) is 5.82 Å². The average Bonchev–Trinajstić information content (AvgIpc) is 3.47. The first kappa shape index (κ1) is 22.8. The van der Waals surface area contributed by atoms with Crippen LogP contribution in [0.25, 0.3) is 22.3 Å². The van der Waals surface area contributed by atoms with Gasteiger partial charge in [0.05, 0.1) is 23.1 Å². The summed E-state index contributed by atoms with van der Waals surface area (Å²) in [6, 6.07) is 8.09. The number of alkyl halides is 3. The first-order chi connectivity index (χ1) is 17.2. The average molecular weight is 494 g/mol. The van der Waals surface area contributed by atoms with E-state index in [4.69, 9.17) is 5.73 Å². The molecule has 5 aromatic rings. The maximum Gasteiger partial charge on any atom is 0.451 e. The molecule has 1 aromatic carbocycles. The second-order valence-electron chi connectivity index (χ2n) is 7.71. The summed E-state index contributed by atoms with van der Waals surface area (Å²) < 4.78 is 55.8. The topological polar surface area (TPSA) is 136 Å². The van der Waals surface area contributed by atoms with Crippen LogP contribution < -0.4 is 5.73 Å². The lowest BCUT2D eigenvalue weighted by Crippen LogP contribution is -2.10. The quantitative estimate of drug-likeness (QED) is 0.375. The molecule has 0 aliphatic carbocycles. The van der Waals surface area contributed by atoms with E-state index < -0.39 is 23.7 Å². The third-order valence-corrected chi connectivity index (χ3v) is 5.56. The number of aromatic nitrogens is 8. The number of fused-ring (bicyclic) bond motifs is 1. The highest BCUT2D eigenvalue weighted by Gasteiger charge is 2.35. The highest BCUT2D eigenvalue weighted by molar-refractivity contribution is 5.92. The van der Waals surface area contributed by atoms with Crippen molar-refractivity contribution in [3.05, 3.63) is 77.8 Å². The van der Waals surface area contributed by atoms with Crippen LogP contribution in [0.1, 0.15) is 35.6 Å². The van der Waals surface area contributed by atoms with E-state index in [-0.39, 0.29) is 33.7 Å². The van der Waals surface area contributed by atoms with E-state index in [9.17, 15) is 22.8 Å². The molecule has 0 fully saturated rings. The van der Waals surface area contributed by atoms with Crippen molar-refractivity contribution in [1.82, 2.24) is 39.6 Å². The molecule has 0 aliphatic heterocycles. The molecule has 180 valence electrons. The second kappa shape index (κ2) is 8.38. The number of nitrogens with two attached hydrogens (primary N) is 1. The Morgan fingerprint density at radius 1 is 1.11 bits per heavy atom. The first-order valence-corrected chi connectivity index (χ1v) is 10.3. The molecule has 0 bridgehead atoms. The van der Waals surface area contributed by atoms with Crippen molar-refractivity contribution in [2.75, 3.05) is 5.73 Å². The van der Waals surface area contributed by atoms with E-state index in [1.165, 1.54) is 33.9 Å². The molecule has 1 atom stereocenters. The van der Waals surface area contributed by atoms with Gasteiger partial charge in [-0.25, -0.2) is 28.5 Å². The minimum absolute atomic E-state index is 0.00939. The van der Waals surface area contributed by atoms with Gasteiger partial charge in [0.15, 0.2) is 5.82 Å². The van der Waals surface area contributed by atoms with Crippen molar-refractivity contribution in [2.45, 2.75) is 19.0 Å². The van der Waals surface area contributed by atoms with Crippen molar-refractivity contribution in [3.8, 4) is 22.9 Å². The minimum atomic E-state index is -4.73. The SMILES string of the molecule is C[C@H](c1cn(-c2ccccc2F)nn1)c1c(C#N)c(-c2cnc(C(F)(F)F)nc2)c2c(N)ncnn12. The molecular formula is C22H14F4N10. The van der Waals surface area contributed by atoms with Crippen LogP contribution in [-0.2, 0) is 6.18 Å². The zero-order chi connectivity index (χ0) is 25.6. The Labute approximate surface area is 199 Å². The van der Waals surface area contributed by atoms with Gasteiger partial charge in [0.1, 0.15) is 29.4 Å². The summed E-state index contributed by atoms with van der Waals surface area (Å²) >= 11 is 0. The van der Waals surface area contributed by atoms with Crippen LogP contribution >= 0.6 is 0 Å². The smallest absolute Gasteiger partial charge is 0.382 e. The lowest BCUT2D eigenvalue weighted by Gasteiger charge is -2.09. The third kappa shape index (κ3) is 3.66. The molecular weight excluding hydrogens is 480 g/mol. The van der Waals surface area contributed by atoms with E-state index in [1.54, 1.807) is 19.1 Å². The van der Waals surface area contributed by atoms with Gasteiger partial charge in [-0.15, -0.1) is 5.10 Å². The molecule has 4 heterocycles. The molecule has 2 N–H and O–H groups in total. The molecule has 0 spiro atoms. The monoisotopic (exact) mass is 494 g/mol. The van der Waals surface area contributed by atoms with Crippen molar-refractivity contribution in [3.63, 3.8) is 0 Å². The zero-order valence-corrected chi connectivity index (χ0v) is 18.3. The highest BCUT2D eigenvalue weighted by Crippen LogP contribution is 2.39. The number of anilines is 1. The van der Waals surface area contributed by atoms with Crippen LogP contribution in [0.4, 0.5) is 23.4 Å². The van der Waals surface area contributed by atoms with Crippen LogP contribution in [0.3, 0.4) is 0 Å². The first-order valence-electron chi connectivity index (χ1n) is 10.3. The normalized spacial score (nSPS) is 12.6. The van der Waals surface area contributed by atoms with Crippen molar-refractivity contribution in [1.29, 1.82) is 5.26 Å². The fraction of sp³-hybridized carbons (Fsp3) is 0.136. The van der Waals surface area contributed by atoms with Gasteiger partial charge < -0.3 is 5.73 Å². The maximum absolute atomic E-state index is 14.2. The Bertz CT molecular complexity index is 1630. The highest BCUT2D eigenvalue weighted by atomic mass is 19.4. The van der Waals surface area contributed by atoms with E-state index in [0.717, 1.165) is 12.4 Å². The third-order valence-electron chi connectivity index (χ3n) is 5.56. The minimum Gasteiger partial charge on any atom is -0.382 e. The van der Waals surface area contributed by atoms with Gasteiger partial charge in [-0.2, -0.15) is 23.5 Å². The summed E-state index contributed by atoms with van der Waals surface area (Å²) in [5.74, 6) is -2.45. The predicted octanol–water partition coefficient (Wildman–Crippen LogP) is 3.53. The molecule has 0 radical (unpaired) electrons. The van der Waals surface area contributed by atoms with Gasteiger partial charge in [-0.1, -0.05) is 24.3 Å². The van der Waals surface area contributed by atoms with Gasteiger partial charge in [0.25, 0.3) is 0 Å². The lowest BCUT2D eigenvalue weighted by atomic mass is 9.97. The van der Waals surface area contributed by atoms with Crippen LogP contribution in [-0.4, -0.2) is 39.6 Å². The van der Waals surface area contributed by atoms with Gasteiger partial charge in [0, 0.05) is 29.4 Å². The second-order valence-corrected chi connectivity index (χ2v) is 7.71. The fourth-order valence-electron chi connectivity index (χ4n) is 3.90. The Hall–Kier alpha value is -4.93. The Morgan fingerprint density at radius 2 is 1.83 bits per heavy atom. The number of nitriles is 1. The Balaban J connectivity index is 1.68. The van der Waals surface area contributed by atoms with Crippen LogP contribution in [0.2, 0.25) is 0 Å². The largest absolute Gasteiger partial charge is 0.451 e. The molecule has 0 saturated heterocycles. The van der Waals surface area contributed by atoms with Crippen LogP contribution in [0.5, 0.6) is 0 Å². The summed E-state index contributed by atoms with van der Waals surface area (Å²) in [6.07, 6.45) is -0.119. The summed E-state index contributed by atoms with van der Waals surface area (Å²) in [5.41, 5.74) is 7.53. The molecule has 0 saturated carbocycles. The number of hydrogen-bond donors (Lipinski definition) is 1. The Morgan fingerprint density at radius 3 is 2.50 bits per heavy atom. The number of benzene rings is 1. The molecule has 10 nitrogen and oxygen atoms in total. The van der Waals surface area contributed by atoms with Gasteiger partial charge in [-0.05, 0) is 12.1 Å². The number of rotatable bonds is 4. The van der Waals surface area contributed by atoms with Crippen LogP contribution in [0, 0.1) is 17.1 Å². The summed E-state index contributed by atoms with van der Waals surface area (Å²) in [5, 5.41) is 22.4. The molecule has 5 rings (SSSR count). The predicted molar refractivity (Wildman–Crippen MR) is 117 cm³/mol. The summed E-state index contributed by atoms with van der Waals surface area (Å²) in [6.45, 7) is 1.73. The van der Waals surface area contributed by atoms with E-state index in [2.05, 4.69) is 36.4 Å². The molecule has 0 aliphatic rings. The number of para-hydroxylation sites is 1. The molecule has 0 amide bonds. The number of nitrogen functional groups attached to an aromatic ring is 1. The zero-order valence-electron chi connectivity index (χ0n) is 18.3. The molecule has 4 aromatic heterocycles. The van der Waals surface area contributed by atoms with Gasteiger partial charge in [-0.3, -0.25) is 0 Å². The van der Waals surface area contributed by atoms with Crippen molar-refractivity contribution < 1.29 is 17.6 Å². The van der Waals surface area contributed by atoms with Crippen molar-refractivity contribution >= 4 is 11.3 Å². The van der Waals surface area contributed by atoms with E-state index >= 15 is 0 Å². The maximum atomic E-state index is 14.2. The lowest BCUT2D eigenvalue weighted by molar-refractivity contribution is -0.144. The van der Waals surface area contributed by atoms with Crippen LogP contribution in [0.15, 0.2) is 49.2 Å². The van der Waals surface area contributed by atoms with E-state index in [0.29, 0.717) is 11.4 Å². The number of nitrogens with zero attached hydrogens (tertiary/aromatic N) is 9. The standard InChI is InChI=1S/C22H14F4N10/c1-11(15-9-35(34-33-15)16-5-3-2-4-14(16)23)18-13(6-27)17(19-20(28)31-10-32-36(18)19)12-7-29-21(30-8-12)22(24,25)26/h2-5,7-11H,1H3,(H2,28,31,32)/t11-/m1/s1. The molecule has 0 unspecified atom stereocenters. The fourth-order valence-corrected chi connectivity index (χ4v) is 3.90. The number of halogens is 4. The molecule has 36 heavy (non-hydrogen) atoms. The Kier molecular flexibility index (Phi) is 5.32. The van der Waals surface area contributed by atoms with Gasteiger partial charge >= 0.3 is 6.18 Å². The van der Waals surface area contributed by atoms with E-state index in [1.807, 2.05) is 0 Å². The van der Waals surface area contributed by atoms with Crippen molar-refractivity contribution in [2.24, 2.45) is 0 Å². The summed E-state index contributed by atoms with van der Waals surface area (Å²) in [4.78, 5) is 10.8. The number of hydrogen-bond acceptors (Lipinski definition) is 8. The summed E-state index contributed by atoms with van der Waals surface area (Å²) in [7, 11) is 0. The molecule has 14 heteroatoms.